The van der Waals surface area contributed by atoms with Crippen LogP contribution in [0, 0.1) is 5.41 Å². The van der Waals surface area contributed by atoms with E-state index in [1.165, 1.54) is 4.88 Å². The van der Waals surface area contributed by atoms with Crippen molar-refractivity contribution in [1.29, 1.82) is 0 Å². The van der Waals surface area contributed by atoms with Crippen LogP contribution in [-0.2, 0) is 6.42 Å². The van der Waals surface area contributed by atoms with Gasteiger partial charge in [-0.1, -0.05) is 13.0 Å². The monoisotopic (exact) mass is 222 g/mol. The molecule has 0 aliphatic heterocycles. The topological polar surface area (TPSA) is 0 Å². The van der Waals surface area contributed by atoms with Crippen molar-refractivity contribution in [3.63, 3.8) is 0 Å². The van der Waals surface area contributed by atoms with Crippen LogP contribution in [0.2, 0.25) is 0 Å². The first-order chi connectivity index (χ1) is 5.70. The second-order valence-corrected chi connectivity index (χ2v) is 4.90. The second kappa shape index (κ2) is 4.50. The molecule has 1 heterocycles. The Kier molecular flexibility index (Phi) is 3.88. The highest BCUT2D eigenvalue weighted by atomic mass is 35.5. The first kappa shape index (κ1) is 10.4. The van der Waals surface area contributed by atoms with Crippen molar-refractivity contribution in [3.8, 4) is 0 Å². The number of alkyl halides is 2. The summed E-state index contributed by atoms with van der Waals surface area (Å²) in [5, 5.41) is 2.08. The predicted molar refractivity (Wildman–Crippen MR) is 57.6 cm³/mol. The van der Waals surface area contributed by atoms with Gasteiger partial charge in [0.1, 0.15) is 0 Å². The van der Waals surface area contributed by atoms with E-state index in [9.17, 15) is 0 Å². The van der Waals surface area contributed by atoms with E-state index in [2.05, 4.69) is 24.4 Å². The lowest BCUT2D eigenvalue weighted by molar-refractivity contribution is 0.429. The highest BCUT2D eigenvalue weighted by Crippen LogP contribution is 2.27. The van der Waals surface area contributed by atoms with Crippen molar-refractivity contribution in [3.05, 3.63) is 22.4 Å². The van der Waals surface area contributed by atoms with Gasteiger partial charge >= 0.3 is 0 Å². The second-order valence-electron chi connectivity index (χ2n) is 3.33. The Morgan fingerprint density at radius 2 is 2.08 bits per heavy atom. The van der Waals surface area contributed by atoms with Crippen LogP contribution < -0.4 is 0 Å². The summed E-state index contributed by atoms with van der Waals surface area (Å²) in [5.41, 5.74) is 0.0496. The average Bonchev–Trinajstić information content (AvgIpc) is 2.57. The Hall–Kier alpha value is 0.280. The van der Waals surface area contributed by atoms with E-state index in [1.54, 1.807) is 11.3 Å². The average molecular weight is 223 g/mol. The van der Waals surface area contributed by atoms with Gasteiger partial charge in [-0.15, -0.1) is 34.5 Å². The molecule has 3 heteroatoms. The van der Waals surface area contributed by atoms with Crippen LogP contribution in [0.4, 0.5) is 0 Å². The molecule has 0 aliphatic rings. The molecule has 1 aromatic rings. The first-order valence-corrected chi connectivity index (χ1v) is 5.79. The van der Waals surface area contributed by atoms with E-state index in [0.29, 0.717) is 11.8 Å². The molecule has 0 atom stereocenters. The van der Waals surface area contributed by atoms with Gasteiger partial charge in [0, 0.05) is 16.6 Å². The van der Waals surface area contributed by atoms with Crippen LogP contribution >= 0.6 is 34.5 Å². The van der Waals surface area contributed by atoms with Gasteiger partial charge in [-0.25, -0.2) is 0 Å². The van der Waals surface area contributed by atoms with Crippen molar-refractivity contribution in [2.24, 2.45) is 5.41 Å². The highest BCUT2D eigenvalue weighted by molar-refractivity contribution is 7.09. The number of hydrogen-bond acceptors (Lipinski definition) is 1. The zero-order valence-corrected chi connectivity index (χ0v) is 9.35. The SMILES string of the molecule is CC(CCl)(CCl)Cc1cccs1. The summed E-state index contributed by atoms with van der Waals surface area (Å²) in [6.07, 6.45) is 0.984. The summed E-state index contributed by atoms with van der Waals surface area (Å²) in [4.78, 5) is 1.36. The fourth-order valence-corrected chi connectivity index (χ4v) is 2.36. The molecule has 0 aromatic carbocycles. The van der Waals surface area contributed by atoms with E-state index < -0.39 is 0 Å². The van der Waals surface area contributed by atoms with Crippen LogP contribution in [0.1, 0.15) is 11.8 Å². The lowest BCUT2D eigenvalue weighted by Gasteiger charge is -2.22. The van der Waals surface area contributed by atoms with Crippen molar-refractivity contribution in [2.75, 3.05) is 11.8 Å². The van der Waals surface area contributed by atoms with Crippen molar-refractivity contribution < 1.29 is 0 Å². The molecule has 12 heavy (non-hydrogen) atoms. The molecule has 0 N–H and O–H groups in total. The third-order valence-electron chi connectivity index (χ3n) is 1.83. The van der Waals surface area contributed by atoms with Crippen LogP contribution in [0.5, 0.6) is 0 Å². The number of rotatable bonds is 4. The molecular formula is C9H12Cl2S. The van der Waals surface area contributed by atoms with Crippen molar-refractivity contribution >= 4 is 34.5 Å². The third kappa shape index (κ3) is 2.65. The molecule has 0 saturated carbocycles. The van der Waals surface area contributed by atoms with Crippen molar-refractivity contribution in [2.45, 2.75) is 13.3 Å². The Balaban J connectivity index is 2.60. The summed E-state index contributed by atoms with van der Waals surface area (Å²) in [7, 11) is 0. The summed E-state index contributed by atoms with van der Waals surface area (Å²) < 4.78 is 0. The smallest absolute Gasteiger partial charge is 0.0292 e. The summed E-state index contributed by atoms with van der Waals surface area (Å²) in [5.74, 6) is 1.24. The van der Waals surface area contributed by atoms with E-state index in [0.717, 1.165) is 6.42 Å². The number of hydrogen-bond donors (Lipinski definition) is 0. The van der Waals surface area contributed by atoms with Gasteiger partial charge in [-0.05, 0) is 23.3 Å². The molecule has 68 valence electrons. The minimum Gasteiger partial charge on any atom is -0.149 e. The minimum absolute atomic E-state index is 0.0496. The Bertz CT molecular complexity index is 214. The maximum atomic E-state index is 5.85. The molecule has 0 amide bonds. The standard InChI is InChI=1S/C9H12Cl2S/c1-9(6-10,7-11)5-8-3-2-4-12-8/h2-4H,5-7H2,1H3. The highest BCUT2D eigenvalue weighted by Gasteiger charge is 2.22. The Morgan fingerprint density at radius 3 is 2.50 bits per heavy atom. The molecule has 0 nitrogen and oxygen atoms in total. The quantitative estimate of drug-likeness (QED) is 0.681. The van der Waals surface area contributed by atoms with Crippen LogP contribution in [0.15, 0.2) is 17.5 Å². The normalized spacial score (nSPS) is 11.9. The van der Waals surface area contributed by atoms with Gasteiger partial charge in [0.15, 0.2) is 0 Å². The Morgan fingerprint density at radius 1 is 1.42 bits per heavy atom. The van der Waals surface area contributed by atoms with Crippen molar-refractivity contribution in [1.82, 2.24) is 0 Å². The lowest BCUT2D eigenvalue weighted by atomic mass is 9.91. The molecule has 0 bridgehead atoms. The van der Waals surface area contributed by atoms with Gasteiger partial charge in [0.25, 0.3) is 0 Å². The molecule has 1 aromatic heterocycles. The summed E-state index contributed by atoms with van der Waals surface area (Å²) in [6.45, 7) is 2.12. The number of halogens is 2. The van der Waals surface area contributed by atoms with Gasteiger partial charge < -0.3 is 0 Å². The predicted octanol–water partition coefficient (Wildman–Crippen LogP) is 3.77. The molecule has 0 fully saturated rings. The Labute approximate surface area is 87.5 Å². The largest absolute Gasteiger partial charge is 0.149 e. The van der Waals surface area contributed by atoms with E-state index in [1.807, 2.05) is 0 Å². The van der Waals surface area contributed by atoms with Gasteiger partial charge in [-0.2, -0.15) is 0 Å². The lowest BCUT2D eigenvalue weighted by Crippen LogP contribution is -2.23. The number of thiophene rings is 1. The summed E-state index contributed by atoms with van der Waals surface area (Å²) in [6, 6.07) is 4.19. The zero-order valence-electron chi connectivity index (χ0n) is 7.02. The van der Waals surface area contributed by atoms with E-state index in [-0.39, 0.29) is 5.41 Å². The molecular weight excluding hydrogens is 211 g/mol. The molecule has 0 unspecified atom stereocenters. The van der Waals surface area contributed by atoms with Gasteiger partial charge in [0.2, 0.25) is 0 Å². The maximum Gasteiger partial charge on any atom is 0.0292 e. The van der Waals surface area contributed by atoms with Crippen LogP contribution in [0.3, 0.4) is 0 Å². The minimum atomic E-state index is 0.0496. The van der Waals surface area contributed by atoms with Crippen LogP contribution in [0.25, 0.3) is 0 Å². The molecule has 1 rings (SSSR count). The van der Waals surface area contributed by atoms with Gasteiger partial charge in [0.05, 0.1) is 0 Å². The maximum absolute atomic E-state index is 5.85. The molecule has 0 aliphatic carbocycles. The van der Waals surface area contributed by atoms with E-state index in [4.69, 9.17) is 23.2 Å². The molecule has 0 spiro atoms. The van der Waals surface area contributed by atoms with Gasteiger partial charge in [-0.3, -0.25) is 0 Å². The van der Waals surface area contributed by atoms with Crippen LogP contribution in [-0.4, -0.2) is 11.8 Å². The van der Waals surface area contributed by atoms with E-state index >= 15 is 0 Å². The summed E-state index contributed by atoms with van der Waals surface area (Å²) >= 11 is 13.5. The molecule has 0 saturated heterocycles. The first-order valence-electron chi connectivity index (χ1n) is 3.84. The fourth-order valence-electron chi connectivity index (χ4n) is 0.964. The zero-order chi connectivity index (χ0) is 9.03. The third-order valence-corrected chi connectivity index (χ3v) is 3.99. The molecule has 0 radical (unpaired) electrons. The fraction of sp³-hybridized carbons (Fsp3) is 0.556.